The number of hydrogen-bond donors (Lipinski definition) is 1. The quantitative estimate of drug-likeness (QED) is 0.692. The Morgan fingerprint density at radius 2 is 2.07 bits per heavy atom. The van der Waals surface area contributed by atoms with Gasteiger partial charge >= 0.3 is 5.97 Å². The molecule has 0 aromatic heterocycles. The first kappa shape index (κ1) is 11.5. The van der Waals surface area contributed by atoms with E-state index < -0.39 is 16.0 Å². The van der Waals surface area contributed by atoms with Gasteiger partial charge in [-0.05, 0) is 18.8 Å². The molecule has 0 aliphatic heterocycles. The fourth-order valence-corrected chi connectivity index (χ4v) is 2.65. The van der Waals surface area contributed by atoms with Crippen LogP contribution in [0.3, 0.4) is 0 Å². The van der Waals surface area contributed by atoms with Gasteiger partial charge in [-0.3, -0.25) is 4.79 Å². The first-order valence-electron chi connectivity index (χ1n) is 4.57. The minimum absolute atomic E-state index is 0.0599. The molecular formula is C8H15NO4S. The summed E-state index contributed by atoms with van der Waals surface area (Å²) in [5, 5.41) is 8.40. The zero-order valence-corrected chi connectivity index (χ0v) is 8.96. The van der Waals surface area contributed by atoms with E-state index in [0.717, 1.165) is 17.1 Å². The van der Waals surface area contributed by atoms with Crippen molar-refractivity contribution in [3.05, 3.63) is 0 Å². The second kappa shape index (κ2) is 4.27. The zero-order valence-electron chi connectivity index (χ0n) is 8.14. The number of carboxylic acids is 1. The maximum Gasteiger partial charge on any atom is 0.304 e. The minimum atomic E-state index is -3.22. The minimum Gasteiger partial charge on any atom is -0.481 e. The number of hydrogen-bond acceptors (Lipinski definition) is 3. The van der Waals surface area contributed by atoms with Crippen LogP contribution >= 0.6 is 0 Å². The van der Waals surface area contributed by atoms with Gasteiger partial charge in [0.15, 0.2) is 0 Å². The van der Waals surface area contributed by atoms with E-state index >= 15 is 0 Å². The van der Waals surface area contributed by atoms with Gasteiger partial charge in [0, 0.05) is 13.6 Å². The van der Waals surface area contributed by atoms with Crippen molar-refractivity contribution in [2.24, 2.45) is 5.92 Å². The lowest BCUT2D eigenvalue weighted by Crippen LogP contribution is -2.31. The second-order valence-electron chi connectivity index (χ2n) is 3.69. The van der Waals surface area contributed by atoms with Gasteiger partial charge in [-0.1, -0.05) is 0 Å². The smallest absolute Gasteiger partial charge is 0.304 e. The Hall–Kier alpha value is -0.620. The van der Waals surface area contributed by atoms with Crippen molar-refractivity contribution in [3.8, 4) is 0 Å². The van der Waals surface area contributed by atoms with Crippen molar-refractivity contribution in [1.82, 2.24) is 4.31 Å². The van der Waals surface area contributed by atoms with Crippen LogP contribution in [0.15, 0.2) is 0 Å². The highest BCUT2D eigenvalue weighted by atomic mass is 32.2. The summed E-state index contributed by atoms with van der Waals surface area (Å²) in [7, 11) is -1.79. The Morgan fingerprint density at radius 1 is 1.50 bits per heavy atom. The number of nitrogens with zero attached hydrogens (tertiary/aromatic N) is 1. The number of sulfonamides is 1. The highest BCUT2D eigenvalue weighted by Gasteiger charge is 2.30. The molecule has 1 aliphatic carbocycles. The van der Waals surface area contributed by atoms with Crippen LogP contribution < -0.4 is 0 Å². The Bertz CT molecular complexity index is 307. The molecule has 1 fully saturated rings. The maximum absolute atomic E-state index is 11.5. The molecular weight excluding hydrogens is 206 g/mol. The number of carboxylic acid groups (broad SMARTS) is 1. The molecule has 1 N–H and O–H groups in total. The summed E-state index contributed by atoms with van der Waals surface area (Å²) >= 11 is 0. The molecule has 5 nitrogen and oxygen atoms in total. The zero-order chi connectivity index (χ0) is 10.8. The van der Waals surface area contributed by atoms with Crippen LogP contribution in [-0.2, 0) is 14.8 Å². The lowest BCUT2D eigenvalue weighted by Gasteiger charge is -2.15. The predicted octanol–water partition coefficient (Wildman–Crippen LogP) is 0.133. The fourth-order valence-electron chi connectivity index (χ4n) is 1.10. The summed E-state index contributed by atoms with van der Waals surface area (Å²) in [5.74, 6) is -0.505. The number of carbonyl (C=O) groups is 1. The van der Waals surface area contributed by atoms with E-state index in [0.29, 0.717) is 5.92 Å². The number of aliphatic carboxylic acids is 1. The molecule has 0 unspecified atom stereocenters. The first-order chi connectivity index (χ1) is 6.42. The molecule has 0 aromatic rings. The van der Waals surface area contributed by atoms with Gasteiger partial charge in [0.2, 0.25) is 10.0 Å². The molecule has 0 aromatic carbocycles. The third-order valence-corrected chi connectivity index (χ3v) is 4.28. The van der Waals surface area contributed by atoms with Crippen molar-refractivity contribution < 1.29 is 18.3 Å². The molecule has 0 amide bonds. The molecule has 0 bridgehead atoms. The van der Waals surface area contributed by atoms with E-state index in [-0.39, 0.29) is 18.7 Å². The lowest BCUT2D eigenvalue weighted by atomic mass is 10.4. The highest BCUT2D eigenvalue weighted by Crippen LogP contribution is 2.30. The van der Waals surface area contributed by atoms with Crippen molar-refractivity contribution >= 4 is 16.0 Å². The van der Waals surface area contributed by atoms with Gasteiger partial charge in [-0.15, -0.1) is 0 Å². The van der Waals surface area contributed by atoms with Crippen molar-refractivity contribution in [2.75, 3.05) is 19.3 Å². The Balaban J connectivity index is 2.40. The normalized spacial score (nSPS) is 17.3. The maximum atomic E-state index is 11.5. The van der Waals surface area contributed by atoms with E-state index in [1.54, 1.807) is 0 Å². The standard InChI is InChI=1S/C8H15NO4S/c1-9(5-4-8(10)11)14(12,13)6-7-2-3-7/h7H,2-6H2,1H3,(H,10,11). The van der Waals surface area contributed by atoms with E-state index in [1.165, 1.54) is 7.05 Å². The molecule has 6 heteroatoms. The molecule has 0 spiro atoms. The van der Waals surface area contributed by atoms with Crippen molar-refractivity contribution in [2.45, 2.75) is 19.3 Å². The molecule has 0 heterocycles. The molecule has 0 saturated heterocycles. The van der Waals surface area contributed by atoms with Crippen LogP contribution in [0.25, 0.3) is 0 Å². The predicted molar refractivity (Wildman–Crippen MR) is 51.4 cm³/mol. The molecule has 82 valence electrons. The Labute approximate surface area is 83.8 Å². The van der Waals surface area contributed by atoms with E-state index in [4.69, 9.17) is 5.11 Å². The molecule has 14 heavy (non-hydrogen) atoms. The lowest BCUT2D eigenvalue weighted by molar-refractivity contribution is -0.137. The van der Waals surface area contributed by atoms with Crippen molar-refractivity contribution in [1.29, 1.82) is 0 Å². The van der Waals surface area contributed by atoms with Gasteiger partial charge in [0.1, 0.15) is 0 Å². The van der Waals surface area contributed by atoms with Gasteiger partial charge in [0.25, 0.3) is 0 Å². The number of rotatable bonds is 6. The van der Waals surface area contributed by atoms with E-state index in [1.807, 2.05) is 0 Å². The summed E-state index contributed by atoms with van der Waals surface area (Å²) in [6.07, 6.45) is 1.82. The van der Waals surface area contributed by atoms with Crippen LogP contribution in [0.4, 0.5) is 0 Å². The average Bonchev–Trinajstić information content (AvgIpc) is 2.82. The molecule has 1 rings (SSSR count). The molecule has 0 atom stereocenters. The fraction of sp³-hybridized carbons (Fsp3) is 0.875. The molecule has 1 aliphatic rings. The molecule has 1 saturated carbocycles. The third-order valence-electron chi connectivity index (χ3n) is 2.26. The topological polar surface area (TPSA) is 74.7 Å². The van der Waals surface area contributed by atoms with Crippen molar-refractivity contribution in [3.63, 3.8) is 0 Å². The largest absolute Gasteiger partial charge is 0.481 e. The Morgan fingerprint density at radius 3 is 2.50 bits per heavy atom. The summed E-state index contributed by atoms with van der Waals surface area (Å²) in [6, 6.07) is 0. The monoisotopic (exact) mass is 221 g/mol. The summed E-state index contributed by atoms with van der Waals surface area (Å²) < 4.78 is 24.2. The van der Waals surface area contributed by atoms with Gasteiger partial charge in [-0.25, -0.2) is 12.7 Å². The SMILES string of the molecule is CN(CCC(=O)O)S(=O)(=O)CC1CC1. The van der Waals surface area contributed by atoms with E-state index in [9.17, 15) is 13.2 Å². The van der Waals surface area contributed by atoms with Gasteiger partial charge < -0.3 is 5.11 Å². The van der Waals surface area contributed by atoms with Gasteiger partial charge in [-0.2, -0.15) is 0 Å². The van der Waals surface area contributed by atoms with E-state index in [2.05, 4.69) is 0 Å². The summed E-state index contributed by atoms with van der Waals surface area (Å²) in [5.41, 5.74) is 0. The third kappa shape index (κ3) is 3.63. The Kier molecular flexibility index (Phi) is 3.49. The van der Waals surface area contributed by atoms with Gasteiger partial charge in [0.05, 0.1) is 12.2 Å². The summed E-state index contributed by atoms with van der Waals surface area (Å²) in [4.78, 5) is 10.2. The van der Waals surface area contributed by atoms with Crippen LogP contribution in [-0.4, -0.2) is 43.1 Å². The summed E-state index contributed by atoms with van der Waals surface area (Å²) in [6.45, 7) is 0.0599. The second-order valence-corrected chi connectivity index (χ2v) is 5.81. The van der Waals surface area contributed by atoms with Crippen LogP contribution in [0.5, 0.6) is 0 Å². The first-order valence-corrected chi connectivity index (χ1v) is 6.18. The molecule has 0 radical (unpaired) electrons. The van der Waals surface area contributed by atoms with Crippen LogP contribution in [0.2, 0.25) is 0 Å². The average molecular weight is 221 g/mol. The van der Waals surface area contributed by atoms with Crippen LogP contribution in [0.1, 0.15) is 19.3 Å². The van der Waals surface area contributed by atoms with Crippen LogP contribution in [0, 0.1) is 5.92 Å². The highest BCUT2D eigenvalue weighted by molar-refractivity contribution is 7.89.